The summed E-state index contributed by atoms with van der Waals surface area (Å²) in [6, 6.07) is 25.2. The van der Waals surface area contributed by atoms with Crippen LogP contribution in [0.1, 0.15) is 13.8 Å². The summed E-state index contributed by atoms with van der Waals surface area (Å²) in [4.78, 5) is 18.7. The summed E-state index contributed by atoms with van der Waals surface area (Å²) in [7, 11) is -3.98. The van der Waals surface area contributed by atoms with Crippen LogP contribution in [0, 0.1) is 0 Å². The molecule has 1 N–H and O–H groups in total. The predicted octanol–water partition coefficient (Wildman–Crippen LogP) is 6.32. The number of hydrogen-bond acceptors (Lipinski definition) is 5. The van der Waals surface area contributed by atoms with E-state index in [0.29, 0.717) is 10.2 Å². The van der Waals surface area contributed by atoms with Gasteiger partial charge in [-0.2, -0.15) is 0 Å². The molecule has 1 amide bonds. The highest BCUT2D eigenvalue weighted by Crippen LogP contribution is 2.39. The molecule has 4 aromatic rings. The van der Waals surface area contributed by atoms with Crippen molar-refractivity contribution in [2.75, 3.05) is 5.32 Å². The van der Waals surface area contributed by atoms with Crippen LogP contribution in [-0.2, 0) is 14.6 Å². The number of halogens is 1. The first-order chi connectivity index (χ1) is 15.7. The van der Waals surface area contributed by atoms with E-state index in [0.717, 1.165) is 21.7 Å². The van der Waals surface area contributed by atoms with Gasteiger partial charge in [0.2, 0.25) is 5.91 Å². The highest BCUT2D eigenvalue weighted by molar-refractivity contribution is 7.93. The molecule has 0 atom stereocenters. The number of aromatic nitrogens is 1. The largest absolute Gasteiger partial charge is 0.301 e. The number of thiazole rings is 1. The van der Waals surface area contributed by atoms with Gasteiger partial charge in [-0.3, -0.25) is 4.79 Å². The van der Waals surface area contributed by atoms with Gasteiger partial charge in [0, 0.05) is 10.6 Å². The van der Waals surface area contributed by atoms with Gasteiger partial charge in [-0.05, 0) is 43.7 Å². The van der Waals surface area contributed by atoms with E-state index in [-0.39, 0.29) is 4.90 Å². The first kappa shape index (κ1) is 23.2. The van der Waals surface area contributed by atoms with E-state index in [2.05, 4.69) is 10.3 Å². The Kier molecular flexibility index (Phi) is 6.38. The van der Waals surface area contributed by atoms with Gasteiger partial charge in [0.05, 0.1) is 15.5 Å². The van der Waals surface area contributed by atoms with Crippen LogP contribution in [0.5, 0.6) is 0 Å². The summed E-state index contributed by atoms with van der Waals surface area (Å²) in [5.41, 5.74) is 2.59. The third-order valence-corrected chi connectivity index (χ3v) is 8.97. The summed E-state index contributed by atoms with van der Waals surface area (Å²) >= 11 is 7.19. The molecule has 0 saturated carbocycles. The van der Waals surface area contributed by atoms with Crippen LogP contribution < -0.4 is 5.32 Å². The van der Waals surface area contributed by atoms with Crippen LogP contribution in [0.3, 0.4) is 0 Å². The number of anilines is 1. The molecule has 4 rings (SSSR count). The maximum atomic E-state index is 13.2. The fraction of sp³-hybridized carbons (Fsp3) is 0.120. The zero-order valence-corrected chi connectivity index (χ0v) is 20.3. The summed E-state index contributed by atoms with van der Waals surface area (Å²) in [6.07, 6.45) is 0. The quantitative estimate of drug-likeness (QED) is 0.339. The fourth-order valence-electron chi connectivity index (χ4n) is 3.23. The summed E-state index contributed by atoms with van der Waals surface area (Å²) < 4.78 is 24.7. The van der Waals surface area contributed by atoms with Crippen molar-refractivity contribution in [2.45, 2.75) is 23.5 Å². The van der Waals surface area contributed by atoms with Crippen molar-refractivity contribution in [2.24, 2.45) is 0 Å². The second-order valence-electron chi connectivity index (χ2n) is 7.85. The Morgan fingerprint density at radius 2 is 1.42 bits per heavy atom. The summed E-state index contributed by atoms with van der Waals surface area (Å²) in [5, 5.41) is 3.48. The second-order valence-corrected chi connectivity index (χ2v) is 11.8. The summed E-state index contributed by atoms with van der Waals surface area (Å²) in [6.45, 7) is 2.77. The monoisotopic (exact) mass is 496 g/mol. The number of nitrogens with zero attached hydrogens (tertiary/aromatic N) is 1. The minimum atomic E-state index is -3.98. The molecule has 0 radical (unpaired) electrons. The van der Waals surface area contributed by atoms with Crippen molar-refractivity contribution in [1.82, 2.24) is 4.98 Å². The van der Waals surface area contributed by atoms with Gasteiger partial charge in [-0.1, -0.05) is 83.6 Å². The molecular formula is C25H21ClN2O3S2. The molecule has 0 aliphatic heterocycles. The van der Waals surface area contributed by atoms with E-state index < -0.39 is 20.5 Å². The lowest BCUT2D eigenvalue weighted by Crippen LogP contribution is -2.44. The third kappa shape index (κ3) is 4.57. The second kappa shape index (κ2) is 9.09. The van der Waals surface area contributed by atoms with Gasteiger partial charge < -0.3 is 5.32 Å². The van der Waals surface area contributed by atoms with E-state index in [9.17, 15) is 13.2 Å². The molecule has 0 fully saturated rings. The molecule has 8 heteroatoms. The number of amides is 1. The lowest BCUT2D eigenvalue weighted by molar-refractivity contribution is -0.117. The maximum absolute atomic E-state index is 13.2. The predicted molar refractivity (Wildman–Crippen MR) is 134 cm³/mol. The zero-order chi connectivity index (χ0) is 23.6. The molecule has 0 saturated heterocycles. The number of rotatable bonds is 6. The van der Waals surface area contributed by atoms with Gasteiger partial charge in [0.25, 0.3) is 0 Å². The lowest BCUT2D eigenvalue weighted by Gasteiger charge is -2.23. The maximum Gasteiger partial charge on any atom is 0.247 e. The lowest BCUT2D eigenvalue weighted by atomic mass is 10.1. The average Bonchev–Trinajstić information content (AvgIpc) is 3.24. The van der Waals surface area contributed by atoms with Crippen LogP contribution in [-0.4, -0.2) is 24.1 Å². The first-order valence-corrected chi connectivity index (χ1v) is 12.8. The molecule has 0 aliphatic rings. The normalized spacial score (nSPS) is 11.8. The Bertz CT molecular complexity index is 1330. The Morgan fingerprint density at radius 1 is 0.879 bits per heavy atom. The van der Waals surface area contributed by atoms with Crippen LogP contribution in [0.25, 0.3) is 21.7 Å². The molecule has 1 heterocycles. The standard InChI is InChI=1S/C25H21ClN2O3S2/c1-25(2,33(30,31)20-15-13-19(26)14-16-20)23(29)28-24-27-21(17-9-5-3-6-10-17)22(32-24)18-11-7-4-8-12-18/h3-16H,1-2H3,(H,27,28,29). The van der Waals surface area contributed by atoms with Crippen molar-refractivity contribution < 1.29 is 13.2 Å². The van der Waals surface area contributed by atoms with Crippen LogP contribution in [0.15, 0.2) is 89.8 Å². The molecule has 0 unspecified atom stereocenters. The Morgan fingerprint density at radius 3 is 2.00 bits per heavy atom. The van der Waals surface area contributed by atoms with Gasteiger partial charge in [0.15, 0.2) is 15.0 Å². The molecule has 1 aromatic heterocycles. The van der Waals surface area contributed by atoms with Crippen molar-refractivity contribution in [1.29, 1.82) is 0 Å². The Labute approximate surface area is 202 Å². The van der Waals surface area contributed by atoms with Crippen LogP contribution in [0.2, 0.25) is 5.02 Å². The van der Waals surface area contributed by atoms with E-state index in [1.54, 1.807) is 0 Å². The number of carbonyl (C=O) groups is 1. The minimum absolute atomic E-state index is 0.0288. The van der Waals surface area contributed by atoms with Crippen molar-refractivity contribution in [3.63, 3.8) is 0 Å². The zero-order valence-electron chi connectivity index (χ0n) is 17.9. The van der Waals surface area contributed by atoms with Gasteiger partial charge in [-0.15, -0.1) is 0 Å². The van der Waals surface area contributed by atoms with E-state index in [1.165, 1.54) is 49.4 Å². The number of carbonyl (C=O) groups excluding carboxylic acids is 1. The highest BCUT2D eigenvalue weighted by atomic mass is 35.5. The van der Waals surface area contributed by atoms with Crippen LogP contribution >= 0.6 is 22.9 Å². The number of hydrogen-bond donors (Lipinski definition) is 1. The molecule has 5 nitrogen and oxygen atoms in total. The van der Waals surface area contributed by atoms with Gasteiger partial charge >= 0.3 is 0 Å². The van der Waals surface area contributed by atoms with Gasteiger partial charge in [0.1, 0.15) is 4.75 Å². The molecule has 0 aliphatic carbocycles. The number of sulfone groups is 1. The summed E-state index contributed by atoms with van der Waals surface area (Å²) in [5.74, 6) is -0.662. The highest BCUT2D eigenvalue weighted by Gasteiger charge is 2.43. The van der Waals surface area contributed by atoms with Crippen molar-refractivity contribution >= 4 is 43.8 Å². The van der Waals surface area contributed by atoms with E-state index in [1.807, 2.05) is 60.7 Å². The molecule has 0 bridgehead atoms. The molecule has 3 aromatic carbocycles. The Balaban J connectivity index is 1.69. The van der Waals surface area contributed by atoms with Crippen molar-refractivity contribution in [3.05, 3.63) is 90.0 Å². The average molecular weight is 497 g/mol. The molecule has 168 valence electrons. The van der Waals surface area contributed by atoms with E-state index >= 15 is 0 Å². The number of benzene rings is 3. The molecular weight excluding hydrogens is 476 g/mol. The topological polar surface area (TPSA) is 76.1 Å². The minimum Gasteiger partial charge on any atom is -0.301 e. The van der Waals surface area contributed by atoms with Crippen molar-refractivity contribution in [3.8, 4) is 21.7 Å². The third-order valence-electron chi connectivity index (χ3n) is 5.27. The van der Waals surface area contributed by atoms with Gasteiger partial charge in [-0.25, -0.2) is 13.4 Å². The SMILES string of the molecule is CC(C)(C(=O)Nc1nc(-c2ccccc2)c(-c2ccccc2)s1)S(=O)(=O)c1ccc(Cl)cc1. The fourth-order valence-corrected chi connectivity index (χ4v) is 5.72. The smallest absolute Gasteiger partial charge is 0.247 e. The number of nitrogens with one attached hydrogen (secondary N) is 1. The first-order valence-electron chi connectivity index (χ1n) is 10.1. The molecule has 0 spiro atoms. The van der Waals surface area contributed by atoms with Crippen LogP contribution in [0.4, 0.5) is 5.13 Å². The van der Waals surface area contributed by atoms with E-state index in [4.69, 9.17) is 11.6 Å². The molecule has 33 heavy (non-hydrogen) atoms. The Hall–Kier alpha value is -3.00.